The molecule has 2 amide bonds. The van der Waals surface area contributed by atoms with Gasteiger partial charge in [-0.2, -0.15) is 0 Å². The predicted octanol–water partition coefficient (Wildman–Crippen LogP) is 6.63. The third-order valence-corrected chi connectivity index (χ3v) is 8.06. The third kappa shape index (κ3) is 7.97. The number of thioether (sulfide) groups is 1. The third-order valence-electron chi connectivity index (χ3n) is 6.57. The number of amides is 2. The molecular formula is C30H33BrN2O2S. The van der Waals surface area contributed by atoms with Crippen molar-refractivity contribution in [3.63, 3.8) is 0 Å². The van der Waals surface area contributed by atoms with Gasteiger partial charge in [0.15, 0.2) is 0 Å². The standard InChI is InChI=1S/C30H33BrN2O2S/c31-25-14-10-13-24(19-25)21-33(29(34)22-36-27-17-8-3-9-18-27)28(20-23-11-4-1-5-12-23)30(35)32-26-15-6-2-7-16-26/h1,3-5,8-14,17-19,26,28H,2,6-7,15-16,20-22H2,(H,32,35)/t28-/m1/s1. The highest BCUT2D eigenvalue weighted by Crippen LogP contribution is 2.23. The number of carbonyl (C=O) groups excluding carboxylic acids is 2. The maximum Gasteiger partial charge on any atom is 0.243 e. The Labute approximate surface area is 227 Å². The molecule has 0 saturated heterocycles. The highest BCUT2D eigenvalue weighted by molar-refractivity contribution is 9.10. The maximum atomic E-state index is 13.8. The molecule has 6 heteroatoms. The van der Waals surface area contributed by atoms with E-state index in [4.69, 9.17) is 0 Å². The highest BCUT2D eigenvalue weighted by atomic mass is 79.9. The summed E-state index contributed by atoms with van der Waals surface area (Å²) >= 11 is 5.06. The second-order valence-corrected chi connectivity index (χ2v) is 11.3. The minimum Gasteiger partial charge on any atom is -0.352 e. The normalized spacial score (nSPS) is 14.7. The van der Waals surface area contributed by atoms with Crippen LogP contribution in [-0.4, -0.2) is 34.6 Å². The average Bonchev–Trinajstić information content (AvgIpc) is 2.91. The van der Waals surface area contributed by atoms with Gasteiger partial charge in [-0.3, -0.25) is 9.59 Å². The first-order valence-corrected chi connectivity index (χ1v) is 14.4. The van der Waals surface area contributed by atoms with Gasteiger partial charge in [-0.1, -0.05) is 95.9 Å². The van der Waals surface area contributed by atoms with Crippen molar-refractivity contribution in [1.82, 2.24) is 10.2 Å². The summed E-state index contributed by atoms with van der Waals surface area (Å²) in [5.74, 6) is 0.183. The van der Waals surface area contributed by atoms with E-state index in [-0.39, 0.29) is 23.6 Å². The number of carbonyl (C=O) groups is 2. The summed E-state index contributed by atoms with van der Waals surface area (Å²) in [6, 6.07) is 27.5. The summed E-state index contributed by atoms with van der Waals surface area (Å²) in [6.07, 6.45) is 6.00. The van der Waals surface area contributed by atoms with Gasteiger partial charge in [0.05, 0.1) is 5.75 Å². The largest absolute Gasteiger partial charge is 0.352 e. The van der Waals surface area contributed by atoms with Crippen LogP contribution >= 0.6 is 27.7 Å². The Morgan fingerprint density at radius 2 is 1.56 bits per heavy atom. The van der Waals surface area contributed by atoms with E-state index in [1.807, 2.05) is 84.9 Å². The second kappa shape index (κ2) is 13.7. The fraction of sp³-hybridized carbons (Fsp3) is 0.333. The van der Waals surface area contributed by atoms with Crippen LogP contribution in [0, 0.1) is 0 Å². The summed E-state index contributed by atoms with van der Waals surface area (Å²) in [4.78, 5) is 30.3. The molecule has 1 saturated carbocycles. The molecule has 0 bridgehead atoms. The van der Waals surface area contributed by atoms with Crippen LogP contribution in [0.15, 0.2) is 94.3 Å². The molecule has 0 radical (unpaired) electrons. The smallest absolute Gasteiger partial charge is 0.243 e. The van der Waals surface area contributed by atoms with Crippen molar-refractivity contribution < 1.29 is 9.59 Å². The van der Waals surface area contributed by atoms with Crippen molar-refractivity contribution in [1.29, 1.82) is 0 Å². The molecule has 1 atom stereocenters. The number of rotatable bonds is 10. The number of halogens is 1. The van der Waals surface area contributed by atoms with Gasteiger partial charge in [0.25, 0.3) is 0 Å². The molecule has 188 valence electrons. The van der Waals surface area contributed by atoms with E-state index in [0.717, 1.165) is 46.2 Å². The van der Waals surface area contributed by atoms with Crippen LogP contribution in [0.1, 0.15) is 43.2 Å². The van der Waals surface area contributed by atoms with E-state index in [9.17, 15) is 9.59 Å². The van der Waals surface area contributed by atoms with Gasteiger partial charge >= 0.3 is 0 Å². The predicted molar refractivity (Wildman–Crippen MR) is 151 cm³/mol. The fourth-order valence-electron chi connectivity index (χ4n) is 4.67. The summed E-state index contributed by atoms with van der Waals surface area (Å²) in [7, 11) is 0. The lowest BCUT2D eigenvalue weighted by molar-refractivity contribution is -0.139. The Kier molecular flexibility index (Phi) is 10.1. The highest BCUT2D eigenvalue weighted by Gasteiger charge is 2.32. The van der Waals surface area contributed by atoms with Crippen molar-refractivity contribution in [2.75, 3.05) is 5.75 Å². The van der Waals surface area contributed by atoms with E-state index in [1.54, 1.807) is 4.90 Å². The van der Waals surface area contributed by atoms with Gasteiger partial charge in [0, 0.05) is 28.4 Å². The molecule has 3 aromatic carbocycles. The SMILES string of the molecule is O=C(NC1CCCCC1)[C@@H](Cc1ccccc1)N(Cc1cccc(Br)c1)C(=O)CSc1ccccc1. The van der Waals surface area contributed by atoms with Crippen LogP contribution < -0.4 is 5.32 Å². The molecular weight excluding hydrogens is 532 g/mol. The molecule has 0 aliphatic heterocycles. The number of nitrogens with zero attached hydrogens (tertiary/aromatic N) is 1. The number of hydrogen-bond donors (Lipinski definition) is 1. The van der Waals surface area contributed by atoms with Crippen LogP contribution in [0.2, 0.25) is 0 Å². The molecule has 0 spiro atoms. The molecule has 0 aromatic heterocycles. The molecule has 0 unspecified atom stereocenters. The van der Waals surface area contributed by atoms with Crippen LogP contribution in [0.4, 0.5) is 0 Å². The fourth-order valence-corrected chi connectivity index (χ4v) is 5.93. The van der Waals surface area contributed by atoms with E-state index < -0.39 is 6.04 Å². The van der Waals surface area contributed by atoms with Crippen molar-refractivity contribution in [2.45, 2.75) is 62.0 Å². The molecule has 4 rings (SSSR count). The zero-order chi connectivity index (χ0) is 25.2. The molecule has 1 aliphatic carbocycles. The van der Waals surface area contributed by atoms with Crippen LogP contribution in [0.3, 0.4) is 0 Å². The van der Waals surface area contributed by atoms with Gasteiger partial charge in [0.1, 0.15) is 6.04 Å². The second-order valence-electron chi connectivity index (χ2n) is 9.30. The van der Waals surface area contributed by atoms with E-state index in [1.165, 1.54) is 18.2 Å². The zero-order valence-corrected chi connectivity index (χ0v) is 22.8. The number of nitrogens with one attached hydrogen (secondary N) is 1. The molecule has 1 fully saturated rings. The summed E-state index contributed by atoms with van der Waals surface area (Å²) < 4.78 is 0.956. The lowest BCUT2D eigenvalue weighted by atomic mass is 9.94. The Morgan fingerprint density at radius 3 is 2.25 bits per heavy atom. The molecule has 4 nitrogen and oxygen atoms in total. The minimum absolute atomic E-state index is 0.0384. The van der Waals surface area contributed by atoms with Gasteiger partial charge < -0.3 is 10.2 Å². The molecule has 1 aliphatic rings. The van der Waals surface area contributed by atoms with Crippen molar-refractivity contribution in [3.05, 3.63) is 101 Å². The van der Waals surface area contributed by atoms with Gasteiger partial charge in [-0.15, -0.1) is 11.8 Å². The topological polar surface area (TPSA) is 49.4 Å². The average molecular weight is 566 g/mol. The number of benzene rings is 3. The summed E-state index contributed by atoms with van der Waals surface area (Å²) in [5, 5.41) is 3.30. The van der Waals surface area contributed by atoms with E-state index in [2.05, 4.69) is 21.2 Å². The maximum absolute atomic E-state index is 13.8. The molecule has 36 heavy (non-hydrogen) atoms. The Bertz CT molecular complexity index is 1120. The van der Waals surface area contributed by atoms with Gasteiger partial charge in [-0.25, -0.2) is 0 Å². The first kappa shape index (κ1) is 26.5. The van der Waals surface area contributed by atoms with Crippen LogP contribution in [-0.2, 0) is 22.6 Å². The van der Waals surface area contributed by atoms with Crippen molar-refractivity contribution in [2.24, 2.45) is 0 Å². The van der Waals surface area contributed by atoms with E-state index >= 15 is 0 Å². The lowest BCUT2D eigenvalue weighted by Crippen LogP contribution is -2.53. The summed E-state index contributed by atoms with van der Waals surface area (Å²) in [5.41, 5.74) is 2.04. The van der Waals surface area contributed by atoms with Gasteiger partial charge in [-0.05, 0) is 48.2 Å². The Balaban J connectivity index is 1.60. The monoisotopic (exact) mass is 564 g/mol. The van der Waals surface area contributed by atoms with Crippen LogP contribution in [0.5, 0.6) is 0 Å². The lowest BCUT2D eigenvalue weighted by Gasteiger charge is -2.33. The first-order chi connectivity index (χ1) is 17.6. The molecule has 0 heterocycles. The zero-order valence-electron chi connectivity index (χ0n) is 20.4. The first-order valence-electron chi connectivity index (χ1n) is 12.6. The molecule has 3 aromatic rings. The van der Waals surface area contributed by atoms with Crippen molar-refractivity contribution >= 4 is 39.5 Å². The Hall–Kier alpha value is -2.57. The number of hydrogen-bond acceptors (Lipinski definition) is 3. The van der Waals surface area contributed by atoms with E-state index in [0.29, 0.717) is 13.0 Å². The molecule has 1 N–H and O–H groups in total. The minimum atomic E-state index is -0.586. The Morgan fingerprint density at radius 1 is 0.889 bits per heavy atom. The van der Waals surface area contributed by atoms with Crippen molar-refractivity contribution in [3.8, 4) is 0 Å². The quantitative estimate of drug-likeness (QED) is 0.281. The van der Waals surface area contributed by atoms with Crippen LogP contribution in [0.25, 0.3) is 0 Å². The van der Waals surface area contributed by atoms with Gasteiger partial charge in [0.2, 0.25) is 11.8 Å². The summed E-state index contributed by atoms with van der Waals surface area (Å²) in [6.45, 7) is 0.378.